The van der Waals surface area contributed by atoms with Crippen LogP contribution in [-0.2, 0) is 4.74 Å². The lowest BCUT2D eigenvalue weighted by molar-refractivity contribution is 0.403. The normalized spacial score (nSPS) is 21.4. The Kier molecular flexibility index (Phi) is 1.51. The van der Waals surface area contributed by atoms with E-state index >= 15 is 0 Å². The largest absolute Gasteiger partial charge is 0.495 e. The molecular weight excluding hydrogens is 142 g/mol. The average molecular weight is 151 g/mol. The topological polar surface area (TPSA) is 34.6 Å². The molecule has 2 heterocycles. The van der Waals surface area contributed by atoms with Gasteiger partial charge in [0.25, 0.3) is 0 Å². The van der Waals surface area contributed by atoms with Crippen LogP contribution in [0.1, 0.15) is 11.8 Å². The van der Waals surface area contributed by atoms with Gasteiger partial charge in [0.05, 0.1) is 25.6 Å². The van der Waals surface area contributed by atoms with Gasteiger partial charge in [-0.25, -0.2) is 0 Å². The van der Waals surface area contributed by atoms with E-state index in [4.69, 9.17) is 9.47 Å². The van der Waals surface area contributed by atoms with Crippen LogP contribution in [0.25, 0.3) is 0 Å². The molecule has 0 aliphatic carbocycles. The molecule has 3 nitrogen and oxygen atoms in total. The fraction of sp³-hybridized carbons (Fsp3) is 0.375. The highest BCUT2D eigenvalue weighted by atomic mass is 16.6. The van der Waals surface area contributed by atoms with Crippen molar-refractivity contribution in [1.82, 2.24) is 4.98 Å². The van der Waals surface area contributed by atoms with Crippen molar-refractivity contribution in [1.29, 1.82) is 0 Å². The SMILES string of the molecule is COc1ccc([C@H]2CO2)nc1. The Morgan fingerprint density at radius 3 is 2.91 bits per heavy atom. The van der Waals surface area contributed by atoms with Crippen molar-refractivity contribution in [3.05, 3.63) is 24.0 Å². The first-order chi connectivity index (χ1) is 5.40. The molecule has 1 aliphatic heterocycles. The van der Waals surface area contributed by atoms with Gasteiger partial charge in [0.15, 0.2) is 0 Å². The summed E-state index contributed by atoms with van der Waals surface area (Å²) in [4.78, 5) is 4.16. The van der Waals surface area contributed by atoms with Gasteiger partial charge in [0.2, 0.25) is 0 Å². The fourth-order valence-corrected chi connectivity index (χ4v) is 0.922. The highest BCUT2D eigenvalue weighted by molar-refractivity contribution is 5.21. The van der Waals surface area contributed by atoms with Crippen molar-refractivity contribution >= 4 is 0 Å². The van der Waals surface area contributed by atoms with E-state index in [2.05, 4.69) is 4.98 Å². The molecule has 1 aromatic rings. The zero-order chi connectivity index (χ0) is 7.68. The second kappa shape index (κ2) is 2.51. The molecular formula is C8H9NO2. The van der Waals surface area contributed by atoms with E-state index in [-0.39, 0.29) is 6.10 Å². The van der Waals surface area contributed by atoms with Crippen LogP contribution < -0.4 is 4.74 Å². The maximum Gasteiger partial charge on any atom is 0.137 e. The van der Waals surface area contributed by atoms with E-state index in [1.165, 1.54) is 0 Å². The molecule has 0 spiro atoms. The Hall–Kier alpha value is -1.09. The molecule has 0 bridgehead atoms. The maximum atomic E-state index is 5.06. The molecule has 0 saturated carbocycles. The lowest BCUT2D eigenvalue weighted by Gasteiger charge is -1.98. The average Bonchev–Trinajstić information content (AvgIpc) is 2.87. The van der Waals surface area contributed by atoms with Crippen LogP contribution in [-0.4, -0.2) is 18.7 Å². The summed E-state index contributed by atoms with van der Waals surface area (Å²) in [5.74, 6) is 0.786. The lowest BCUT2D eigenvalue weighted by atomic mass is 10.3. The number of rotatable bonds is 2. The summed E-state index contributed by atoms with van der Waals surface area (Å²) in [5.41, 5.74) is 0.991. The van der Waals surface area contributed by atoms with Crippen LogP contribution in [0.15, 0.2) is 18.3 Å². The van der Waals surface area contributed by atoms with Gasteiger partial charge in [-0.2, -0.15) is 0 Å². The minimum atomic E-state index is 0.237. The number of nitrogens with zero attached hydrogens (tertiary/aromatic N) is 1. The number of hydrogen-bond donors (Lipinski definition) is 0. The van der Waals surface area contributed by atoms with E-state index in [1.54, 1.807) is 13.3 Å². The smallest absolute Gasteiger partial charge is 0.137 e. The summed E-state index contributed by atoms with van der Waals surface area (Å²) in [6, 6.07) is 3.82. The molecule has 0 aromatic carbocycles. The van der Waals surface area contributed by atoms with Gasteiger partial charge in [0.1, 0.15) is 11.9 Å². The van der Waals surface area contributed by atoms with Crippen molar-refractivity contribution < 1.29 is 9.47 Å². The van der Waals surface area contributed by atoms with Crippen molar-refractivity contribution in [3.8, 4) is 5.75 Å². The predicted molar refractivity (Wildman–Crippen MR) is 39.5 cm³/mol. The van der Waals surface area contributed by atoms with Gasteiger partial charge in [-0.3, -0.25) is 4.98 Å². The molecule has 2 rings (SSSR count). The van der Waals surface area contributed by atoms with Crippen LogP contribution in [0.5, 0.6) is 5.75 Å². The molecule has 1 atom stereocenters. The highest BCUT2D eigenvalue weighted by Gasteiger charge is 2.25. The minimum Gasteiger partial charge on any atom is -0.495 e. The summed E-state index contributed by atoms with van der Waals surface area (Å²) >= 11 is 0. The molecule has 0 radical (unpaired) electrons. The van der Waals surface area contributed by atoms with Gasteiger partial charge < -0.3 is 9.47 Å². The Balaban J connectivity index is 2.19. The molecule has 1 fully saturated rings. The van der Waals surface area contributed by atoms with Crippen LogP contribution in [0, 0.1) is 0 Å². The van der Waals surface area contributed by atoms with E-state index < -0.39 is 0 Å². The summed E-state index contributed by atoms with van der Waals surface area (Å²) < 4.78 is 10.0. The monoisotopic (exact) mass is 151 g/mol. The van der Waals surface area contributed by atoms with E-state index in [0.717, 1.165) is 18.1 Å². The molecule has 11 heavy (non-hydrogen) atoms. The lowest BCUT2D eigenvalue weighted by Crippen LogP contribution is -1.88. The Labute approximate surface area is 65.0 Å². The van der Waals surface area contributed by atoms with Crippen molar-refractivity contribution in [3.63, 3.8) is 0 Å². The van der Waals surface area contributed by atoms with Crippen molar-refractivity contribution in [2.75, 3.05) is 13.7 Å². The zero-order valence-electron chi connectivity index (χ0n) is 6.28. The minimum absolute atomic E-state index is 0.237. The van der Waals surface area contributed by atoms with Crippen LogP contribution in [0.2, 0.25) is 0 Å². The third kappa shape index (κ3) is 1.33. The molecule has 0 N–H and O–H groups in total. The van der Waals surface area contributed by atoms with Crippen LogP contribution >= 0.6 is 0 Å². The predicted octanol–water partition coefficient (Wildman–Crippen LogP) is 1.16. The summed E-state index contributed by atoms with van der Waals surface area (Å²) in [6.45, 7) is 0.805. The molecule has 0 amide bonds. The number of ether oxygens (including phenoxy) is 2. The second-order valence-corrected chi connectivity index (χ2v) is 2.44. The highest BCUT2D eigenvalue weighted by Crippen LogP contribution is 2.28. The van der Waals surface area contributed by atoms with Crippen LogP contribution in [0.4, 0.5) is 0 Å². The Bertz CT molecular complexity index is 241. The van der Waals surface area contributed by atoms with Gasteiger partial charge in [-0.05, 0) is 12.1 Å². The molecule has 0 unspecified atom stereocenters. The number of hydrogen-bond acceptors (Lipinski definition) is 3. The summed E-state index contributed by atoms with van der Waals surface area (Å²) in [7, 11) is 1.63. The van der Waals surface area contributed by atoms with Gasteiger partial charge in [-0.15, -0.1) is 0 Å². The number of methoxy groups -OCH3 is 1. The first kappa shape index (κ1) is 6.61. The molecule has 1 aliphatic rings. The number of epoxide rings is 1. The molecule has 3 heteroatoms. The standard InChI is InChI=1S/C8H9NO2/c1-10-6-2-3-7(9-4-6)8-5-11-8/h2-4,8H,5H2,1H3/t8-/m1/s1. The summed E-state index contributed by atoms with van der Waals surface area (Å²) in [5, 5.41) is 0. The number of pyridine rings is 1. The Morgan fingerprint density at radius 1 is 1.64 bits per heavy atom. The maximum absolute atomic E-state index is 5.06. The van der Waals surface area contributed by atoms with E-state index in [9.17, 15) is 0 Å². The molecule has 1 aromatic heterocycles. The van der Waals surface area contributed by atoms with Crippen molar-refractivity contribution in [2.45, 2.75) is 6.10 Å². The Morgan fingerprint density at radius 2 is 2.45 bits per heavy atom. The second-order valence-electron chi connectivity index (χ2n) is 2.44. The number of aromatic nitrogens is 1. The van der Waals surface area contributed by atoms with Crippen LogP contribution in [0.3, 0.4) is 0 Å². The summed E-state index contributed by atoms with van der Waals surface area (Å²) in [6.07, 6.45) is 1.94. The third-order valence-corrected chi connectivity index (χ3v) is 1.66. The van der Waals surface area contributed by atoms with Gasteiger partial charge in [-0.1, -0.05) is 0 Å². The third-order valence-electron chi connectivity index (χ3n) is 1.66. The van der Waals surface area contributed by atoms with Crippen molar-refractivity contribution in [2.24, 2.45) is 0 Å². The van der Waals surface area contributed by atoms with E-state index in [1.807, 2.05) is 12.1 Å². The fourth-order valence-electron chi connectivity index (χ4n) is 0.922. The quantitative estimate of drug-likeness (QED) is 0.595. The van der Waals surface area contributed by atoms with Gasteiger partial charge >= 0.3 is 0 Å². The van der Waals surface area contributed by atoms with E-state index in [0.29, 0.717) is 0 Å². The van der Waals surface area contributed by atoms with Gasteiger partial charge in [0, 0.05) is 0 Å². The molecule has 1 saturated heterocycles. The zero-order valence-corrected chi connectivity index (χ0v) is 6.28. The first-order valence-corrected chi connectivity index (χ1v) is 3.51. The first-order valence-electron chi connectivity index (χ1n) is 3.51. The molecule has 58 valence electrons.